The zero-order valence-corrected chi connectivity index (χ0v) is 56.7. The number of carbonyl (C=O) groups excluding carboxylic acids is 7. The van der Waals surface area contributed by atoms with Crippen LogP contribution in [-0.2, 0) is 78.5 Å². The number of amides is 5. The molecule has 2 aromatic heterocycles. The van der Waals surface area contributed by atoms with Crippen LogP contribution in [0.2, 0.25) is 0 Å². The number of alkyl halides is 1. The number of hydrogen-bond acceptors (Lipinski definition) is 22. The topological polar surface area (TPSA) is 338 Å². The van der Waals surface area contributed by atoms with Crippen LogP contribution in [0.3, 0.4) is 0 Å². The van der Waals surface area contributed by atoms with Gasteiger partial charge in [-0.2, -0.15) is 0 Å². The van der Waals surface area contributed by atoms with E-state index in [9.17, 15) is 58.8 Å². The van der Waals surface area contributed by atoms with Gasteiger partial charge in [0.2, 0.25) is 6.29 Å². The molecule has 0 aliphatic carbocycles. The first-order valence-electron chi connectivity index (χ1n) is 32.3. The number of benzene rings is 4. The Morgan fingerprint density at radius 2 is 1.47 bits per heavy atom. The zero-order valence-electron chi connectivity index (χ0n) is 54.3. The molecular weight excluding hydrogens is 1360 g/mol. The summed E-state index contributed by atoms with van der Waals surface area (Å²) in [5.41, 5.74) is 4.11. The summed E-state index contributed by atoms with van der Waals surface area (Å²) in [5.74, 6) is -2.28. The Bertz CT molecular complexity index is 3840. The Morgan fingerprint density at radius 3 is 2.20 bits per heavy atom. The Hall–Kier alpha value is -8.03. The number of rotatable bonds is 34. The van der Waals surface area contributed by atoms with E-state index in [0.29, 0.717) is 92.2 Å². The first-order valence-corrected chi connectivity index (χ1v) is 34.5. The number of aliphatic hydroxyl groups is 3. The number of imide groups is 1. The number of aliphatic carboxylic acids is 1. The number of ether oxygens (including phenoxy) is 8. The number of hydrogen-bond donors (Lipinski definition) is 4. The predicted octanol–water partition coefficient (Wildman–Crippen LogP) is 4.02. The summed E-state index contributed by atoms with van der Waals surface area (Å²) in [4.78, 5) is 111. The van der Waals surface area contributed by atoms with Gasteiger partial charge in [0.1, 0.15) is 36.5 Å². The molecule has 5 amide bonds. The number of likely N-dealkylation sites (N-methyl/N-ethyl adjacent to an activating group) is 1. The molecule has 5 unspecified atom stereocenters. The van der Waals surface area contributed by atoms with Crippen molar-refractivity contribution in [2.45, 2.75) is 95.3 Å². The third-order valence-corrected chi connectivity index (χ3v) is 19.7. The van der Waals surface area contributed by atoms with E-state index < -0.39 is 60.7 Å². The number of morpholine rings is 1. The van der Waals surface area contributed by atoms with Crippen LogP contribution in [0.5, 0.6) is 11.5 Å². The van der Waals surface area contributed by atoms with Crippen molar-refractivity contribution in [3.05, 3.63) is 124 Å². The standard InChI is InChI=1S/C68H79ClN8O20Se/c1-42-5-11-51-52(32-42)59-46(37-69)38-77(64(85)56-35-45-33-44(8-12-55(45)98-56)34-49(79)15-17-73-21-25-91-26-22-73)53(59)36-54(51)96-68(89)74(20-19-72(2)67(88)94-41-43-6-9-50(10-7-43)95-66-62(84)60(82)61(83)63(97-66)65(86)87)39-47-40-75(71-70-47)23-27-92-29-31-93-30-28-90-24-3-4-48(78)16-18-76-57(80)13-14-58(76)81/h5-14,32-33,35-36,40,46,60-63,66,82-84H,3-4,15-31,34,37-39,41H2,1-2H3,(H,86,87)/t46-,60?,61?,62?,63?,66?/m1/s1. The predicted molar refractivity (Wildman–Crippen MR) is 353 cm³/mol. The van der Waals surface area contributed by atoms with E-state index in [1.165, 1.54) is 41.1 Å². The van der Waals surface area contributed by atoms with Crippen LogP contribution in [-0.4, -0.2) is 259 Å². The number of anilines is 1. The summed E-state index contributed by atoms with van der Waals surface area (Å²) in [5, 5.41) is 51.0. The van der Waals surface area contributed by atoms with Gasteiger partial charge in [-0.1, -0.05) is 17.3 Å². The summed E-state index contributed by atoms with van der Waals surface area (Å²) in [6, 6.07) is 21.3. The van der Waals surface area contributed by atoms with Gasteiger partial charge in [0.15, 0.2) is 6.10 Å². The zero-order chi connectivity index (χ0) is 69.4. The molecule has 2 saturated heterocycles. The van der Waals surface area contributed by atoms with Gasteiger partial charge in [0, 0.05) is 45.2 Å². The van der Waals surface area contributed by atoms with E-state index >= 15 is 0 Å². The summed E-state index contributed by atoms with van der Waals surface area (Å²) < 4.78 is 48.5. The molecule has 6 atom stereocenters. The monoisotopic (exact) mass is 1440 g/mol. The second-order valence-corrected chi connectivity index (χ2v) is 26.7. The van der Waals surface area contributed by atoms with E-state index in [-0.39, 0.29) is 127 Å². The van der Waals surface area contributed by atoms with Crippen LogP contribution in [0.4, 0.5) is 15.3 Å². The second kappa shape index (κ2) is 34.6. The van der Waals surface area contributed by atoms with Crippen molar-refractivity contribution in [3.8, 4) is 11.5 Å². The van der Waals surface area contributed by atoms with Gasteiger partial charge in [0.05, 0.1) is 39.6 Å². The minimum atomic E-state index is -1.89. The van der Waals surface area contributed by atoms with Crippen LogP contribution in [0.25, 0.3) is 20.4 Å². The molecule has 4 aliphatic rings. The van der Waals surface area contributed by atoms with Crippen LogP contribution in [0.1, 0.15) is 68.8 Å². The molecule has 524 valence electrons. The summed E-state index contributed by atoms with van der Waals surface area (Å²) in [6.45, 7) is 7.51. The molecule has 98 heavy (non-hydrogen) atoms. The summed E-state index contributed by atoms with van der Waals surface area (Å²) >= 11 is 6.39. The molecule has 0 radical (unpaired) electrons. The number of Topliss-reactive ketones (excluding diaryl/α,β-unsaturated/α-hetero) is 2. The number of carboxylic acid groups (broad SMARTS) is 1. The SMILES string of the molecule is Cc1ccc2c(OC(=O)N(CCN(C)C(=O)OCc3ccc(OC4OC(C(=O)O)C(O)C(O)C4O)cc3)Cc3cn(CCOCCOCCOCCCC(=O)CCN4C(=O)C=CC4=O)nn3)cc3c(c2c1)[C@H](CCl)CN3C(=O)c1cc2cc(CC(=O)CCN3CCOCC3)ccc2[se]1. The molecule has 4 N–H and O–H groups in total. The normalized spacial score (nSPS) is 19.3. The maximum absolute atomic E-state index is 14.9. The Labute approximate surface area is 575 Å². The van der Waals surface area contributed by atoms with Crippen molar-refractivity contribution >= 4 is 99.7 Å². The summed E-state index contributed by atoms with van der Waals surface area (Å²) in [7, 11) is 1.49. The van der Waals surface area contributed by atoms with Crippen LogP contribution >= 0.6 is 11.6 Å². The van der Waals surface area contributed by atoms with Crippen LogP contribution < -0.4 is 14.4 Å². The second-order valence-electron chi connectivity index (χ2n) is 24.2. The van der Waals surface area contributed by atoms with Crippen LogP contribution in [0.15, 0.2) is 91.1 Å². The molecule has 0 spiro atoms. The molecule has 6 aromatic rings. The number of ketones is 2. The average Bonchev–Trinajstić information content (AvgIpc) is 1.56. The Morgan fingerprint density at radius 1 is 0.755 bits per heavy atom. The van der Waals surface area contributed by atoms with E-state index in [2.05, 4.69) is 15.2 Å². The summed E-state index contributed by atoms with van der Waals surface area (Å²) in [6.07, 6.45) is -4.94. The van der Waals surface area contributed by atoms with Gasteiger partial charge in [-0.25, -0.2) is 14.3 Å². The molecule has 30 heteroatoms. The van der Waals surface area contributed by atoms with Gasteiger partial charge < -0.3 is 48.8 Å². The van der Waals surface area contributed by atoms with Gasteiger partial charge in [-0.3, -0.25) is 19.3 Å². The Kier molecular flexibility index (Phi) is 25.7. The maximum atomic E-state index is 14.9. The van der Waals surface area contributed by atoms with Crippen molar-refractivity contribution in [3.63, 3.8) is 0 Å². The minimum absolute atomic E-state index is 0.0532. The third-order valence-electron chi connectivity index (χ3n) is 17.0. The number of aliphatic hydroxyl groups excluding tert-OH is 3. The first-order chi connectivity index (χ1) is 47.3. The number of carbonyl (C=O) groups is 8. The average molecular weight is 1440 g/mol. The molecule has 0 bridgehead atoms. The number of carboxylic acids is 1. The first kappa shape index (κ1) is 72.7. The molecule has 28 nitrogen and oxygen atoms in total. The van der Waals surface area contributed by atoms with E-state index in [1.54, 1.807) is 34.0 Å². The number of halogens is 1. The number of aromatic nitrogens is 3. The van der Waals surface area contributed by atoms with Crippen molar-refractivity contribution in [1.82, 2.24) is 34.6 Å². The molecule has 6 heterocycles. The molecule has 4 aliphatic heterocycles. The van der Waals surface area contributed by atoms with Crippen LogP contribution in [0, 0.1) is 6.92 Å². The van der Waals surface area contributed by atoms with Gasteiger partial charge >= 0.3 is 309 Å². The Balaban J connectivity index is 0.771. The quantitative estimate of drug-likeness (QED) is 0.0192. The number of nitrogens with zero attached hydrogens (tertiary/aromatic N) is 8. The van der Waals surface area contributed by atoms with Crippen molar-refractivity contribution in [1.29, 1.82) is 0 Å². The van der Waals surface area contributed by atoms with Crippen molar-refractivity contribution in [2.75, 3.05) is 116 Å². The number of fused-ring (bicyclic) bond motifs is 4. The third kappa shape index (κ3) is 19.0. The molecule has 4 aromatic carbocycles. The molecule has 0 saturated carbocycles. The van der Waals surface area contributed by atoms with Gasteiger partial charge in [0.25, 0.3) is 11.8 Å². The van der Waals surface area contributed by atoms with Gasteiger partial charge in [-0.15, -0.1) is 0 Å². The van der Waals surface area contributed by atoms with Crippen molar-refractivity contribution < 1.29 is 96.7 Å². The van der Waals surface area contributed by atoms with E-state index in [1.807, 2.05) is 49.4 Å². The fourth-order valence-corrected chi connectivity index (χ4v) is 13.9. The fourth-order valence-electron chi connectivity index (χ4n) is 11.6. The molecule has 2 fully saturated rings. The molecule has 10 rings (SSSR count). The van der Waals surface area contributed by atoms with Crippen molar-refractivity contribution in [2.24, 2.45) is 0 Å². The van der Waals surface area contributed by atoms with E-state index in [4.69, 9.17) is 49.5 Å². The van der Waals surface area contributed by atoms with E-state index in [0.717, 1.165) is 49.7 Å². The number of aryl methyl sites for hydroxylation is 1. The molecular formula is C68H79ClN8O20Se. The fraction of sp³-hybridized carbons (Fsp3) is 0.471. The van der Waals surface area contributed by atoms with Gasteiger partial charge in [-0.05, 0) is 24.1 Å².